The average molecular weight is 537 g/mol. The van der Waals surface area contributed by atoms with Crippen LogP contribution in [0.4, 0.5) is 0 Å². The van der Waals surface area contributed by atoms with Gasteiger partial charge in [-0.15, -0.1) is 0 Å². The van der Waals surface area contributed by atoms with Crippen LogP contribution in [0.1, 0.15) is 34.8 Å². The summed E-state index contributed by atoms with van der Waals surface area (Å²) in [4.78, 5) is 12.4. The fourth-order valence-electron chi connectivity index (χ4n) is 3.44. The molecule has 0 atom stereocenters. The van der Waals surface area contributed by atoms with Crippen LogP contribution in [0.25, 0.3) is 10.9 Å². The van der Waals surface area contributed by atoms with Crippen LogP contribution in [-0.2, 0) is 6.54 Å². The Kier molecular flexibility index (Phi) is 7.21. The first-order valence-corrected chi connectivity index (χ1v) is 11.6. The lowest BCUT2D eigenvalue weighted by atomic mass is 10.2. The molecule has 4 aromatic rings. The maximum absolute atomic E-state index is 12.4. The molecule has 0 aliphatic carbocycles. The van der Waals surface area contributed by atoms with Crippen molar-refractivity contribution in [1.82, 2.24) is 9.99 Å². The van der Waals surface area contributed by atoms with E-state index in [-0.39, 0.29) is 5.91 Å². The van der Waals surface area contributed by atoms with Crippen LogP contribution in [0.3, 0.4) is 0 Å². The molecule has 3 aromatic carbocycles. The molecule has 0 unspecified atom stereocenters. The molecule has 0 aliphatic rings. The van der Waals surface area contributed by atoms with E-state index in [0.29, 0.717) is 12.2 Å². The van der Waals surface area contributed by atoms with E-state index in [1.165, 1.54) is 9.13 Å². The van der Waals surface area contributed by atoms with Gasteiger partial charge in [-0.3, -0.25) is 4.79 Å². The van der Waals surface area contributed by atoms with Crippen molar-refractivity contribution in [1.29, 1.82) is 0 Å². The van der Waals surface area contributed by atoms with Gasteiger partial charge in [0.2, 0.25) is 0 Å². The Balaban J connectivity index is 1.47. The van der Waals surface area contributed by atoms with Crippen molar-refractivity contribution in [3.63, 3.8) is 0 Å². The first-order chi connectivity index (χ1) is 15.6. The number of hydrogen-bond acceptors (Lipinski definition) is 3. The summed E-state index contributed by atoms with van der Waals surface area (Å²) in [7, 11) is 0. The maximum atomic E-state index is 12.4. The van der Waals surface area contributed by atoms with Crippen LogP contribution in [0.5, 0.6) is 5.75 Å². The molecular formula is C26H24IN3O2. The van der Waals surface area contributed by atoms with E-state index < -0.39 is 0 Å². The number of benzene rings is 3. The third-order valence-electron chi connectivity index (χ3n) is 5.04. The number of carbonyl (C=O) groups is 1. The fraction of sp³-hybridized carbons (Fsp3) is 0.154. The first-order valence-electron chi connectivity index (χ1n) is 10.5. The second kappa shape index (κ2) is 10.5. The highest BCUT2D eigenvalue weighted by Gasteiger charge is 2.08. The van der Waals surface area contributed by atoms with Crippen molar-refractivity contribution in [3.05, 3.63) is 99.3 Å². The topological polar surface area (TPSA) is 55.6 Å². The van der Waals surface area contributed by atoms with Gasteiger partial charge < -0.3 is 9.30 Å². The molecule has 0 spiro atoms. The number of nitrogens with zero attached hydrogens (tertiary/aromatic N) is 2. The summed E-state index contributed by atoms with van der Waals surface area (Å²) in [6, 6.07) is 23.8. The molecule has 5 nitrogen and oxygen atoms in total. The fourth-order valence-corrected chi connectivity index (χ4v) is 3.80. The zero-order valence-electron chi connectivity index (χ0n) is 17.8. The number of rotatable bonds is 8. The molecule has 0 saturated heterocycles. The number of amides is 1. The molecule has 1 N–H and O–H groups in total. The molecule has 0 saturated carbocycles. The lowest BCUT2D eigenvalue weighted by Gasteiger charge is -2.05. The normalized spacial score (nSPS) is 11.2. The zero-order valence-corrected chi connectivity index (χ0v) is 20.0. The van der Waals surface area contributed by atoms with E-state index >= 15 is 0 Å². The summed E-state index contributed by atoms with van der Waals surface area (Å²) in [5, 5.41) is 5.29. The average Bonchev–Trinajstić information content (AvgIpc) is 3.17. The number of para-hydroxylation sites is 1. The Morgan fingerprint density at radius 2 is 1.81 bits per heavy atom. The van der Waals surface area contributed by atoms with Gasteiger partial charge in [0.05, 0.1) is 12.8 Å². The summed E-state index contributed by atoms with van der Waals surface area (Å²) in [5.74, 6) is 0.499. The SMILES string of the molecule is CCCOc1ccc(C(=O)N/N=C\c2cn(Cc3ccc(I)cc3)c3ccccc23)cc1. The Labute approximate surface area is 201 Å². The smallest absolute Gasteiger partial charge is 0.271 e. The number of hydrogen-bond donors (Lipinski definition) is 1. The largest absolute Gasteiger partial charge is 0.494 e. The van der Waals surface area contributed by atoms with Crippen LogP contribution in [-0.4, -0.2) is 23.3 Å². The van der Waals surface area contributed by atoms with E-state index in [1.807, 2.05) is 12.1 Å². The number of fused-ring (bicyclic) bond motifs is 1. The van der Waals surface area contributed by atoms with Gasteiger partial charge >= 0.3 is 0 Å². The zero-order chi connectivity index (χ0) is 22.3. The quantitative estimate of drug-likeness (QED) is 0.174. The number of hydrazone groups is 1. The summed E-state index contributed by atoms with van der Waals surface area (Å²) < 4.78 is 8.98. The Bertz CT molecular complexity index is 1230. The molecule has 0 radical (unpaired) electrons. The van der Waals surface area contributed by atoms with Gasteiger partial charge in [-0.25, -0.2) is 5.43 Å². The van der Waals surface area contributed by atoms with Crippen LogP contribution in [0, 0.1) is 3.57 Å². The minimum Gasteiger partial charge on any atom is -0.494 e. The molecule has 1 aromatic heterocycles. The standard InChI is InChI=1S/C26H24IN3O2/c1-2-15-32-23-13-9-20(10-14-23)26(31)29-28-16-21-18-30(25-6-4-3-5-24(21)25)17-19-7-11-22(27)12-8-19/h3-14,16,18H,2,15,17H2,1H3,(H,29,31)/b28-16-. The molecule has 1 amide bonds. The Morgan fingerprint density at radius 1 is 1.06 bits per heavy atom. The van der Waals surface area contributed by atoms with Crippen LogP contribution in [0.15, 0.2) is 84.1 Å². The van der Waals surface area contributed by atoms with Gasteiger partial charge in [-0.05, 0) is 77.0 Å². The molecule has 0 fully saturated rings. The molecular weight excluding hydrogens is 513 g/mol. The van der Waals surface area contributed by atoms with Gasteiger partial charge in [0.1, 0.15) is 5.75 Å². The lowest BCUT2D eigenvalue weighted by Crippen LogP contribution is -2.17. The predicted octanol–water partition coefficient (Wildman–Crippen LogP) is 5.85. The summed E-state index contributed by atoms with van der Waals surface area (Å²) >= 11 is 2.31. The third-order valence-corrected chi connectivity index (χ3v) is 5.76. The Hall–Kier alpha value is -3.13. The van der Waals surface area contributed by atoms with Crippen LogP contribution in [0.2, 0.25) is 0 Å². The predicted molar refractivity (Wildman–Crippen MR) is 137 cm³/mol. The highest BCUT2D eigenvalue weighted by atomic mass is 127. The van der Waals surface area contributed by atoms with Crippen molar-refractivity contribution in [3.8, 4) is 5.75 Å². The van der Waals surface area contributed by atoms with E-state index in [0.717, 1.165) is 35.2 Å². The molecule has 0 bridgehead atoms. The van der Waals surface area contributed by atoms with Crippen molar-refractivity contribution in [2.24, 2.45) is 5.10 Å². The van der Waals surface area contributed by atoms with Crippen LogP contribution < -0.4 is 10.2 Å². The van der Waals surface area contributed by atoms with E-state index in [1.54, 1.807) is 30.5 Å². The maximum Gasteiger partial charge on any atom is 0.271 e. The monoisotopic (exact) mass is 537 g/mol. The molecule has 6 heteroatoms. The van der Waals surface area contributed by atoms with E-state index in [2.05, 4.69) is 87.2 Å². The second-order valence-electron chi connectivity index (χ2n) is 7.43. The Morgan fingerprint density at radius 3 is 2.56 bits per heavy atom. The van der Waals surface area contributed by atoms with Gasteiger partial charge in [-0.1, -0.05) is 37.3 Å². The molecule has 162 valence electrons. The number of halogens is 1. The molecule has 0 aliphatic heterocycles. The highest BCUT2D eigenvalue weighted by Crippen LogP contribution is 2.21. The highest BCUT2D eigenvalue weighted by molar-refractivity contribution is 14.1. The molecule has 1 heterocycles. The second-order valence-corrected chi connectivity index (χ2v) is 8.67. The van der Waals surface area contributed by atoms with Gasteiger partial charge in [-0.2, -0.15) is 5.10 Å². The number of aromatic nitrogens is 1. The number of nitrogens with one attached hydrogen (secondary N) is 1. The van der Waals surface area contributed by atoms with Crippen molar-refractivity contribution < 1.29 is 9.53 Å². The van der Waals surface area contributed by atoms with Gasteiger partial charge in [0.25, 0.3) is 5.91 Å². The third kappa shape index (κ3) is 5.37. The van der Waals surface area contributed by atoms with Gasteiger partial charge in [0.15, 0.2) is 0 Å². The van der Waals surface area contributed by atoms with E-state index in [4.69, 9.17) is 4.74 Å². The van der Waals surface area contributed by atoms with Crippen LogP contribution >= 0.6 is 22.6 Å². The van der Waals surface area contributed by atoms with Gasteiger partial charge in [0, 0.05) is 38.3 Å². The summed E-state index contributed by atoms with van der Waals surface area (Å²) in [6.07, 6.45) is 4.71. The molecule has 32 heavy (non-hydrogen) atoms. The molecule has 4 rings (SSSR count). The number of carbonyl (C=O) groups excluding carboxylic acids is 1. The van der Waals surface area contributed by atoms with Crippen molar-refractivity contribution in [2.45, 2.75) is 19.9 Å². The van der Waals surface area contributed by atoms with Crippen molar-refractivity contribution >= 4 is 45.6 Å². The minimum absolute atomic E-state index is 0.258. The lowest BCUT2D eigenvalue weighted by molar-refractivity contribution is 0.0955. The number of ether oxygens (including phenoxy) is 1. The van der Waals surface area contributed by atoms with Crippen molar-refractivity contribution in [2.75, 3.05) is 6.61 Å². The first kappa shape index (κ1) is 22.1. The minimum atomic E-state index is -0.258. The summed E-state index contributed by atoms with van der Waals surface area (Å²) in [6.45, 7) is 3.48. The van der Waals surface area contributed by atoms with E-state index in [9.17, 15) is 4.79 Å². The summed E-state index contributed by atoms with van der Waals surface area (Å²) in [5.41, 5.74) is 6.46.